The number of benzene rings is 3. The van der Waals surface area contributed by atoms with Crippen LogP contribution in [0.1, 0.15) is 38.4 Å². The smallest absolute Gasteiger partial charge is 0.305 e. The standard InChI is InChI=1S/C33H33N3O5/c37-23-22-36(24-25-10-2-1-3-11-25)33(41)30-16-7-5-14-28(30)27-13-4-6-15-29(27)32(40)35(21-18-31(38)39)20-17-26-12-8-9-19-34-26/h1-16,19,37H,17-18,20-24H2,(H,38,39). The quantitative estimate of drug-likeness (QED) is 0.252. The number of hydrogen-bond acceptors (Lipinski definition) is 5. The summed E-state index contributed by atoms with van der Waals surface area (Å²) in [5.41, 5.74) is 3.67. The van der Waals surface area contributed by atoms with Crippen molar-refractivity contribution in [2.75, 3.05) is 26.2 Å². The van der Waals surface area contributed by atoms with Crippen LogP contribution in [0.5, 0.6) is 0 Å². The fourth-order valence-electron chi connectivity index (χ4n) is 4.67. The molecular weight excluding hydrogens is 518 g/mol. The van der Waals surface area contributed by atoms with Gasteiger partial charge in [-0.3, -0.25) is 19.4 Å². The van der Waals surface area contributed by atoms with Gasteiger partial charge in [0.25, 0.3) is 11.8 Å². The molecule has 1 heterocycles. The molecule has 4 aromatic rings. The average Bonchev–Trinajstić information content (AvgIpc) is 3.01. The topological polar surface area (TPSA) is 111 Å². The summed E-state index contributed by atoms with van der Waals surface area (Å²) in [7, 11) is 0. The maximum Gasteiger partial charge on any atom is 0.305 e. The van der Waals surface area contributed by atoms with Crippen LogP contribution >= 0.6 is 0 Å². The maximum absolute atomic E-state index is 13.9. The van der Waals surface area contributed by atoms with Crippen molar-refractivity contribution in [2.45, 2.75) is 19.4 Å². The van der Waals surface area contributed by atoms with Gasteiger partial charge in [0.05, 0.1) is 13.0 Å². The third-order valence-corrected chi connectivity index (χ3v) is 6.73. The number of carboxylic acids is 1. The molecule has 8 nitrogen and oxygen atoms in total. The van der Waals surface area contributed by atoms with Crippen LogP contribution in [0.25, 0.3) is 11.1 Å². The normalized spacial score (nSPS) is 10.7. The SMILES string of the molecule is O=C(O)CCN(CCc1ccccn1)C(=O)c1ccccc1-c1ccccc1C(=O)N(CCO)Cc1ccccc1. The molecular formula is C33H33N3O5. The van der Waals surface area contributed by atoms with Crippen molar-refractivity contribution >= 4 is 17.8 Å². The second-order valence-corrected chi connectivity index (χ2v) is 9.53. The highest BCUT2D eigenvalue weighted by Crippen LogP contribution is 2.29. The minimum Gasteiger partial charge on any atom is -0.481 e. The minimum atomic E-state index is -0.993. The van der Waals surface area contributed by atoms with Crippen molar-refractivity contribution in [1.29, 1.82) is 0 Å². The van der Waals surface area contributed by atoms with Crippen molar-refractivity contribution in [3.63, 3.8) is 0 Å². The average molecular weight is 552 g/mol. The number of carbonyl (C=O) groups is 3. The van der Waals surface area contributed by atoms with Gasteiger partial charge in [-0.2, -0.15) is 0 Å². The van der Waals surface area contributed by atoms with Crippen LogP contribution in [0, 0.1) is 0 Å². The Morgan fingerprint density at radius 2 is 1.24 bits per heavy atom. The summed E-state index contributed by atoms with van der Waals surface area (Å²) in [5, 5.41) is 19.0. The van der Waals surface area contributed by atoms with Crippen LogP contribution in [0.15, 0.2) is 103 Å². The number of rotatable bonds is 13. The van der Waals surface area contributed by atoms with Crippen LogP contribution in [0.2, 0.25) is 0 Å². The number of nitrogens with zero attached hydrogens (tertiary/aromatic N) is 3. The summed E-state index contributed by atoms with van der Waals surface area (Å²) >= 11 is 0. The van der Waals surface area contributed by atoms with E-state index in [9.17, 15) is 24.6 Å². The van der Waals surface area contributed by atoms with Gasteiger partial charge < -0.3 is 20.0 Å². The molecule has 0 atom stereocenters. The number of hydrogen-bond donors (Lipinski definition) is 2. The zero-order chi connectivity index (χ0) is 29.0. The molecule has 0 aliphatic rings. The van der Waals surface area contributed by atoms with Gasteiger partial charge in [-0.05, 0) is 41.0 Å². The summed E-state index contributed by atoms with van der Waals surface area (Å²) in [6.07, 6.45) is 1.96. The predicted molar refractivity (Wildman–Crippen MR) is 156 cm³/mol. The highest BCUT2D eigenvalue weighted by atomic mass is 16.4. The van der Waals surface area contributed by atoms with E-state index >= 15 is 0 Å². The summed E-state index contributed by atoms with van der Waals surface area (Å²) in [5.74, 6) is -1.58. The molecule has 2 N–H and O–H groups in total. The van der Waals surface area contributed by atoms with E-state index in [0.717, 1.165) is 11.3 Å². The Hall–Kier alpha value is -4.82. The first-order valence-electron chi connectivity index (χ1n) is 13.5. The molecule has 0 saturated carbocycles. The lowest BCUT2D eigenvalue weighted by Crippen LogP contribution is -2.35. The second-order valence-electron chi connectivity index (χ2n) is 9.53. The van der Waals surface area contributed by atoms with E-state index in [-0.39, 0.29) is 37.9 Å². The molecule has 3 aromatic carbocycles. The van der Waals surface area contributed by atoms with Crippen molar-refractivity contribution in [2.24, 2.45) is 0 Å². The van der Waals surface area contributed by atoms with Gasteiger partial charge in [0, 0.05) is 55.6 Å². The third-order valence-electron chi connectivity index (χ3n) is 6.73. The molecule has 41 heavy (non-hydrogen) atoms. The Bertz CT molecular complexity index is 1460. The van der Waals surface area contributed by atoms with Crippen LogP contribution in [-0.4, -0.2) is 69.0 Å². The van der Waals surface area contributed by atoms with Gasteiger partial charge in [0.15, 0.2) is 0 Å². The molecule has 8 heteroatoms. The molecule has 0 fully saturated rings. The van der Waals surface area contributed by atoms with Crippen molar-refractivity contribution in [3.8, 4) is 11.1 Å². The van der Waals surface area contributed by atoms with E-state index < -0.39 is 5.97 Å². The number of amides is 2. The van der Waals surface area contributed by atoms with Crippen molar-refractivity contribution in [3.05, 3.63) is 126 Å². The van der Waals surface area contributed by atoms with E-state index in [2.05, 4.69) is 4.98 Å². The Kier molecular flexibility index (Phi) is 10.3. The fourth-order valence-corrected chi connectivity index (χ4v) is 4.67. The van der Waals surface area contributed by atoms with Crippen molar-refractivity contribution in [1.82, 2.24) is 14.8 Å². The Labute approximate surface area is 239 Å². The van der Waals surface area contributed by atoms with Crippen LogP contribution in [0.3, 0.4) is 0 Å². The zero-order valence-electron chi connectivity index (χ0n) is 22.7. The van der Waals surface area contributed by atoms with E-state index in [1.54, 1.807) is 53.6 Å². The third kappa shape index (κ3) is 7.86. The molecule has 210 valence electrons. The molecule has 0 unspecified atom stereocenters. The number of carboxylic acid groups (broad SMARTS) is 1. The molecule has 0 aliphatic carbocycles. The van der Waals surface area contributed by atoms with Gasteiger partial charge in [-0.25, -0.2) is 0 Å². The Morgan fingerprint density at radius 1 is 0.659 bits per heavy atom. The number of carbonyl (C=O) groups excluding carboxylic acids is 2. The summed E-state index contributed by atoms with van der Waals surface area (Å²) in [6.45, 7) is 0.617. The number of aromatic nitrogens is 1. The molecule has 2 amide bonds. The highest BCUT2D eigenvalue weighted by Gasteiger charge is 2.24. The lowest BCUT2D eigenvalue weighted by atomic mass is 9.94. The monoisotopic (exact) mass is 551 g/mol. The Balaban J connectivity index is 1.66. The van der Waals surface area contributed by atoms with Crippen LogP contribution in [-0.2, 0) is 17.8 Å². The van der Waals surface area contributed by atoms with Gasteiger partial charge in [-0.1, -0.05) is 72.8 Å². The first-order chi connectivity index (χ1) is 20.0. The number of pyridine rings is 1. The second kappa shape index (κ2) is 14.5. The Morgan fingerprint density at radius 3 is 1.83 bits per heavy atom. The number of aliphatic hydroxyl groups excluding tert-OH is 1. The summed E-state index contributed by atoms with van der Waals surface area (Å²) in [6, 6.07) is 29.2. The van der Waals surface area contributed by atoms with Crippen molar-refractivity contribution < 1.29 is 24.6 Å². The maximum atomic E-state index is 13.9. The zero-order valence-corrected chi connectivity index (χ0v) is 22.7. The van der Waals surface area contributed by atoms with Gasteiger partial charge in [0.1, 0.15) is 0 Å². The molecule has 0 saturated heterocycles. The summed E-state index contributed by atoms with van der Waals surface area (Å²) < 4.78 is 0. The lowest BCUT2D eigenvalue weighted by Gasteiger charge is -2.25. The molecule has 1 aromatic heterocycles. The molecule has 0 spiro atoms. The number of aliphatic hydroxyl groups is 1. The van der Waals surface area contributed by atoms with E-state index in [0.29, 0.717) is 41.8 Å². The van der Waals surface area contributed by atoms with Crippen LogP contribution in [0.4, 0.5) is 0 Å². The predicted octanol–water partition coefficient (Wildman–Crippen LogP) is 4.54. The fraction of sp³-hybridized carbons (Fsp3) is 0.212. The van der Waals surface area contributed by atoms with E-state index in [4.69, 9.17) is 0 Å². The number of aliphatic carboxylic acids is 1. The molecule has 4 rings (SSSR count). The van der Waals surface area contributed by atoms with Crippen LogP contribution < -0.4 is 0 Å². The van der Waals surface area contributed by atoms with E-state index in [1.807, 2.05) is 54.6 Å². The molecule has 0 radical (unpaired) electrons. The van der Waals surface area contributed by atoms with Gasteiger partial charge in [-0.15, -0.1) is 0 Å². The van der Waals surface area contributed by atoms with Gasteiger partial charge in [0.2, 0.25) is 0 Å². The molecule has 0 aliphatic heterocycles. The largest absolute Gasteiger partial charge is 0.481 e. The first kappa shape index (κ1) is 29.2. The summed E-state index contributed by atoms with van der Waals surface area (Å²) in [4.78, 5) is 46.6. The first-order valence-corrected chi connectivity index (χ1v) is 13.5. The van der Waals surface area contributed by atoms with E-state index in [1.165, 1.54) is 4.90 Å². The minimum absolute atomic E-state index is 0.0390. The van der Waals surface area contributed by atoms with Gasteiger partial charge >= 0.3 is 5.97 Å². The highest BCUT2D eigenvalue weighted by molar-refractivity contribution is 6.06. The lowest BCUT2D eigenvalue weighted by molar-refractivity contribution is -0.137. The molecule has 0 bridgehead atoms.